The van der Waals surface area contributed by atoms with E-state index < -0.39 is 0 Å². The molecule has 1 aliphatic rings. The Balaban J connectivity index is 1.55. The molecule has 0 aliphatic carbocycles. The first kappa shape index (κ1) is 16.6. The molecule has 0 spiro atoms. The zero-order valence-electron chi connectivity index (χ0n) is 14.5. The average Bonchev–Trinajstić information content (AvgIpc) is 3.11. The van der Waals surface area contributed by atoms with Crippen molar-refractivity contribution in [3.63, 3.8) is 0 Å². The number of carbonyl (C=O) groups is 1. The number of fused-ring (bicyclic) bond motifs is 1. The van der Waals surface area contributed by atoms with Crippen LogP contribution >= 0.6 is 11.3 Å². The number of amides is 1. The van der Waals surface area contributed by atoms with Crippen molar-refractivity contribution in [2.24, 2.45) is 0 Å². The number of thiazole rings is 1. The van der Waals surface area contributed by atoms with E-state index in [0.717, 1.165) is 33.9 Å². The fourth-order valence-corrected chi connectivity index (χ4v) is 3.53. The van der Waals surface area contributed by atoms with E-state index in [4.69, 9.17) is 9.47 Å². The van der Waals surface area contributed by atoms with Crippen LogP contribution in [0.4, 0.5) is 5.13 Å². The van der Waals surface area contributed by atoms with Gasteiger partial charge in [0.2, 0.25) is 0 Å². The van der Waals surface area contributed by atoms with Crippen molar-refractivity contribution in [3.8, 4) is 22.8 Å². The molecule has 3 aromatic rings. The average molecular weight is 366 g/mol. The molecular formula is C20H18N2O3S. The Kier molecular flexibility index (Phi) is 4.34. The first-order valence-corrected chi connectivity index (χ1v) is 9.22. The number of rotatable bonds is 3. The lowest BCUT2D eigenvalue weighted by Crippen LogP contribution is -2.15. The van der Waals surface area contributed by atoms with Gasteiger partial charge in [0.05, 0.1) is 5.69 Å². The summed E-state index contributed by atoms with van der Waals surface area (Å²) in [6.07, 6.45) is 0. The smallest absolute Gasteiger partial charge is 0.257 e. The highest BCUT2D eigenvalue weighted by atomic mass is 32.1. The molecule has 5 nitrogen and oxygen atoms in total. The normalized spacial score (nSPS) is 12.7. The molecule has 0 saturated carbocycles. The van der Waals surface area contributed by atoms with Crippen LogP contribution in [0.1, 0.15) is 21.5 Å². The molecule has 1 aliphatic heterocycles. The molecule has 0 unspecified atom stereocenters. The molecule has 6 heteroatoms. The third-order valence-corrected chi connectivity index (χ3v) is 4.96. The number of hydrogen-bond acceptors (Lipinski definition) is 5. The molecular weight excluding hydrogens is 348 g/mol. The minimum Gasteiger partial charge on any atom is -0.486 e. The fourth-order valence-electron chi connectivity index (χ4n) is 2.81. The van der Waals surface area contributed by atoms with Crippen molar-refractivity contribution in [3.05, 3.63) is 58.5 Å². The van der Waals surface area contributed by atoms with Crippen LogP contribution in [0, 0.1) is 13.8 Å². The van der Waals surface area contributed by atoms with Gasteiger partial charge in [0, 0.05) is 16.5 Å². The van der Waals surface area contributed by atoms with E-state index in [-0.39, 0.29) is 5.91 Å². The summed E-state index contributed by atoms with van der Waals surface area (Å²) < 4.78 is 11.2. The van der Waals surface area contributed by atoms with E-state index in [1.54, 1.807) is 0 Å². The van der Waals surface area contributed by atoms with Gasteiger partial charge >= 0.3 is 0 Å². The fraction of sp³-hybridized carbons (Fsp3) is 0.200. The first-order chi connectivity index (χ1) is 12.6. The third-order valence-electron chi connectivity index (χ3n) is 4.20. The zero-order chi connectivity index (χ0) is 18.1. The van der Waals surface area contributed by atoms with Gasteiger partial charge in [0.25, 0.3) is 5.91 Å². The lowest BCUT2D eigenvalue weighted by Gasteiger charge is -2.18. The van der Waals surface area contributed by atoms with Crippen LogP contribution in [0.5, 0.6) is 11.5 Å². The Morgan fingerprint density at radius 3 is 2.73 bits per heavy atom. The van der Waals surface area contributed by atoms with Crippen LogP contribution < -0.4 is 14.8 Å². The van der Waals surface area contributed by atoms with E-state index in [1.165, 1.54) is 11.3 Å². The van der Waals surface area contributed by atoms with Crippen molar-refractivity contribution in [2.75, 3.05) is 18.5 Å². The highest BCUT2D eigenvalue weighted by molar-refractivity contribution is 7.14. The Bertz CT molecular complexity index is 981. The summed E-state index contributed by atoms with van der Waals surface area (Å²) in [6.45, 7) is 5.01. The van der Waals surface area contributed by atoms with Gasteiger partial charge in [-0.25, -0.2) is 4.98 Å². The van der Waals surface area contributed by atoms with Gasteiger partial charge in [-0.1, -0.05) is 17.7 Å². The van der Waals surface area contributed by atoms with Crippen LogP contribution in [0.3, 0.4) is 0 Å². The zero-order valence-corrected chi connectivity index (χ0v) is 15.4. The van der Waals surface area contributed by atoms with E-state index in [2.05, 4.69) is 10.3 Å². The second-order valence-electron chi connectivity index (χ2n) is 6.17. The van der Waals surface area contributed by atoms with Gasteiger partial charge in [-0.3, -0.25) is 10.1 Å². The lowest BCUT2D eigenvalue weighted by atomic mass is 10.1. The molecule has 1 aromatic heterocycles. The number of anilines is 1. The largest absolute Gasteiger partial charge is 0.486 e. The summed E-state index contributed by atoms with van der Waals surface area (Å²) >= 11 is 1.40. The number of carbonyl (C=O) groups excluding carboxylic acids is 1. The van der Waals surface area contributed by atoms with E-state index in [1.807, 2.05) is 55.6 Å². The Morgan fingerprint density at radius 2 is 1.88 bits per heavy atom. The molecule has 1 N–H and O–H groups in total. The first-order valence-electron chi connectivity index (χ1n) is 8.34. The molecule has 0 bridgehead atoms. The topological polar surface area (TPSA) is 60.5 Å². The highest BCUT2D eigenvalue weighted by Gasteiger charge is 2.15. The van der Waals surface area contributed by atoms with Gasteiger partial charge in [-0.15, -0.1) is 11.3 Å². The van der Waals surface area contributed by atoms with E-state index in [9.17, 15) is 4.79 Å². The van der Waals surface area contributed by atoms with Crippen LogP contribution in [0.15, 0.2) is 41.8 Å². The van der Waals surface area contributed by atoms with Crippen LogP contribution in [-0.2, 0) is 0 Å². The summed E-state index contributed by atoms with van der Waals surface area (Å²) in [4.78, 5) is 17.1. The number of nitrogens with zero attached hydrogens (tertiary/aromatic N) is 1. The van der Waals surface area contributed by atoms with Gasteiger partial charge in [0.15, 0.2) is 16.6 Å². The number of aryl methyl sites for hydroxylation is 2. The van der Waals surface area contributed by atoms with Gasteiger partial charge in [-0.2, -0.15) is 0 Å². The monoisotopic (exact) mass is 366 g/mol. The molecule has 26 heavy (non-hydrogen) atoms. The Morgan fingerprint density at radius 1 is 1.08 bits per heavy atom. The number of ether oxygens (including phenoxy) is 2. The predicted octanol–water partition coefficient (Wildman–Crippen LogP) is 4.45. The number of hydrogen-bond donors (Lipinski definition) is 1. The minimum atomic E-state index is -0.144. The SMILES string of the molecule is Cc1ccc(C)c(C(=O)Nc2nc(-c3ccc4c(c3)OCCO4)cs2)c1. The number of aromatic nitrogens is 1. The van der Waals surface area contributed by atoms with Gasteiger partial charge in [0.1, 0.15) is 13.2 Å². The maximum atomic E-state index is 12.5. The molecule has 0 radical (unpaired) electrons. The van der Waals surface area contributed by atoms with Crippen molar-refractivity contribution in [1.29, 1.82) is 0 Å². The molecule has 132 valence electrons. The van der Waals surface area contributed by atoms with Crippen LogP contribution in [-0.4, -0.2) is 24.1 Å². The molecule has 0 fully saturated rings. The minimum absolute atomic E-state index is 0.144. The number of nitrogens with one attached hydrogen (secondary N) is 1. The van der Waals surface area contributed by atoms with E-state index >= 15 is 0 Å². The molecule has 2 heterocycles. The summed E-state index contributed by atoms with van der Waals surface area (Å²) in [5, 5.41) is 5.38. The van der Waals surface area contributed by atoms with Crippen molar-refractivity contribution in [2.45, 2.75) is 13.8 Å². The van der Waals surface area contributed by atoms with Crippen molar-refractivity contribution < 1.29 is 14.3 Å². The molecule has 0 saturated heterocycles. The molecule has 1 amide bonds. The third kappa shape index (κ3) is 3.28. The second-order valence-corrected chi connectivity index (χ2v) is 7.03. The maximum absolute atomic E-state index is 12.5. The van der Waals surface area contributed by atoms with Gasteiger partial charge < -0.3 is 9.47 Å². The molecule has 0 atom stereocenters. The standard InChI is InChI=1S/C20H18N2O3S/c1-12-3-4-13(2)15(9-12)19(23)22-20-21-16(11-26-20)14-5-6-17-18(10-14)25-8-7-24-17/h3-6,9-11H,7-8H2,1-2H3,(H,21,22,23). The van der Waals surface area contributed by atoms with Gasteiger partial charge in [-0.05, 0) is 43.7 Å². The number of benzene rings is 2. The second kappa shape index (κ2) is 6.80. The van der Waals surface area contributed by atoms with Crippen molar-refractivity contribution >= 4 is 22.4 Å². The van der Waals surface area contributed by atoms with Crippen LogP contribution in [0.25, 0.3) is 11.3 Å². The Labute approximate surface area is 155 Å². The highest BCUT2D eigenvalue weighted by Crippen LogP contribution is 2.35. The van der Waals surface area contributed by atoms with E-state index in [0.29, 0.717) is 23.9 Å². The summed E-state index contributed by atoms with van der Waals surface area (Å²) in [7, 11) is 0. The quantitative estimate of drug-likeness (QED) is 0.744. The summed E-state index contributed by atoms with van der Waals surface area (Å²) in [6, 6.07) is 11.6. The summed E-state index contributed by atoms with van der Waals surface area (Å²) in [5.74, 6) is 1.33. The summed E-state index contributed by atoms with van der Waals surface area (Å²) in [5.41, 5.74) is 4.38. The molecule has 4 rings (SSSR count). The predicted molar refractivity (Wildman–Crippen MR) is 102 cm³/mol. The Hall–Kier alpha value is -2.86. The lowest BCUT2D eigenvalue weighted by molar-refractivity contribution is 0.102. The van der Waals surface area contributed by atoms with Crippen molar-refractivity contribution in [1.82, 2.24) is 4.98 Å². The molecule has 2 aromatic carbocycles. The maximum Gasteiger partial charge on any atom is 0.257 e. The van der Waals surface area contributed by atoms with Crippen LogP contribution in [0.2, 0.25) is 0 Å².